The Bertz CT molecular complexity index is 1010. The molecule has 0 saturated heterocycles. The Morgan fingerprint density at radius 3 is 2.44 bits per heavy atom. The Hall–Kier alpha value is -2.34. The van der Waals surface area contributed by atoms with E-state index in [0.29, 0.717) is 16.1 Å². The van der Waals surface area contributed by atoms with Crippen LogP contribution in [0.25, 0.3) is 21.7 Å². The number of amides is 1. The first-order chi connectivity index (χ1) is 11.9. The minimum absolute atomic E-state index is 0.0622. The van der Waals surface area contributed by atoms with Crippen molar-refractivity contribution >= 4 is 39.3 Å². The van der Waals surface area contributed by atoms with Gasteiger partial charge in [-0.1, -0.05) is 36.0 Å². The highest BCUT2D eigenvalue weighted by molar-refractivity contribution is 8.00. The zero-order chi connectivity index (χ0) is 18.1. The van der Waals surface area contributed by atoms with Gasteiger partial charge in [-0.3, -0.25) is 14.2 Å². The van der Waals surface area contributed by atoms with Gasteiger partial charge in [0, 0.05) is 13.1 Å². The van der Waals surface area contributed by atoms with Crippen LogP contribution in [0, 0.1) is 0 Å². The van der Waals surface area contributed by atoms with Gasteiger partial charge in [0.15, 0.2) is 5.16 Å². The number of nitrogens with zero attached hydrogens (tertiary/aromatic N) is 2. The smallest absolute Gasteiger partial charge is 0.261 e. The van der Waals surface area contributed by atoms with Gasteiger partial charge in [0.05, 0.1) is 16.2 Å². The van der Waals surface area contributed by atoms with Crippen LogP contribution in [0.3, 0.4) is 0 Å². The number of fused-ring (bicyclic) bond motifs is 2. The first-order valence-corrected chi connectivity index (χ1v) is 9.11. The third kappa shape index (κ3) is 3.54. The third-order valence-electron chi connectivity index (χ3n) is 3.98. The molecule has 3 aromatic rings. The Morgan fingerprint density at radius 1 is 1.16 bits per heavy atom. The Labute approximate surface area is 150 Å². The molecular weight excluding hydrogens is 334 g/mol. The molecular formula is C19H21N3O2S. The van der Waals surface area contributed by atoms with Crippen molar-refractivity contribution in [2.75, 3.05) is 0 Å². The maximum Gasteiger partial charge on any atom is 0.261 e. The molecule has 0 aliphatic carbocycles. The zero-order valence-corrected chi connectivity index (χ0v) is 15.6. The Balaban J connectivity index is 2.04. The number of benzene rings is 2. The molecule has 6 heteroatoms. The number of nitrogens with one attached hydrogen (secondary N) is 1. The topological polar surface area (TPSA) is 64.0 Å². The van der Waals surface area contributed by atoms with Crippen molar-refractivity contribution in [1.82, 2.24) is 14.9 Å². The van der Waals surface area contributed by atoms with E-state index >= 15 is 0 Å². The van der Waals surface area contributed by atoms with Crippen molar-refractivity contribution in [1.29, 1.82) is 0 Å². The van der Waals surface area contributed by atoms with Crippen molar-refractivity contribution in [2.24, 2.45) is 7.05 Å². The fourth-order valence-electron chi connectivity index (χ4n) is 2.66. The van der Waals surface area contributed by atoms with E-state index in [-0.39, 0.29) is 22.8 Å². The van der Waals surface area contributed by atoms with Crippen LogP contribution in [0.1, 0.15) is 20.8 Å². The van der Waals surface area contributed by atoms with Crippen LogP contribution in [0.4, 0.5) is 0 Å². The van der Waals surface area contributed by atoms with Crippen LogP contribution in [-0.4, -0.2) is 26.8 Å². The van der Waals surface area contributed by atoms with Gasteiger partial charge in [0.1, 0.15) is 0 Å². The van der Waals surface area contributed by atoms with Crippen LogP contribution in [0.5, 0.6) is 0 Å². The molecule has 0 aliphatic heterocycles. The molecule has 25 heavy (non-hydrogen) atoms. The third-order valence-corrected chi connectivity index (χ3v) is 5.13. The van der Waals surface area contributed by atoms with Gasteiger partial charge in [-0.15, -0.1) is 0 Å². The molecule has 0 fully saturated rings. The van der Waals surface area contributed by atoms with Crippen molar-refractivity contribution in [3.63, 3.8) is 0 Å². The summed E-state index contributed by atoms with van der Waals surface area (Å²) in [7, 11) is 1.69. The van der Waals surface area contributed by atoms with Crippen molar-refractivity contribution in [2.45, 2.75) is 37.2 Å². The van der Waals surface area contributed by atoms with Crippen LogP contribution < -0.4 is 10.9 Å². The summed E-state index contributed by atoms with van der Waals surface area (Å²) >= 11 is 1.29. The van der Waals surface area contributed by atoms with Crippen molar-refractivity contribution < 1.29 is 4.79 Å². The predicted octanol–water partition coefficient (Wildman–Crippen LogP) is 3.09. The molecule has 130 valence electrons. The molecule has 1 heterocycles. The second-order valence-electron chi connectivity index (χ2n) is 6.40. The highest BCUT2D eigenvalue weighted by atomic mass is 32.2. The van der Waals surface area contributed by atoms with E-state index < -0.39 is 0 Å². The maximum atomic E-state index is 12.7. The molecule has 5 nitrogen and oxygen atoms in total. The maximum absolute atomic E-state index is 12.7. The molecule has 1 atom stereocenters. The van der Waals surface area contributed by atoms with E-state index in [1.165, 1.54) is 16.3 Å². The van der Waals surface area contributed by atoms with Gasteiger partial charge in [0.25, 0.3) is 5.56 Å². The average Bonchev–Trinajstić information content (AvgIpc) is 2.57. The van der Waals surface area contributed by atoms with Gasteiger partial charge in [0.2, 0.25) is 5.91 Å². The highest BCUT2D eigenvalue weighted by Gasteiger charge is 2.19. The summed E-state index contributed by atoms with van der Waals surface area (Å²) in [5, 5.41) is 5.73. The summed E-state index contributed by atoms with van der Waals surface area (Å²) in [5.41, 5.74) is 0.551. The standard InChI is InChI=1S/C19H21N3O2S/c1-11(2)20-17(23)12(3)25-19-21-16-10-14-8-6-5-7-13(14)9-15(16)18(24)22(19)4/h5-12H,1-4H3,(H,20,23)/t12-/m0/s1. The van der Waals surface area contributed by atoms with Crippen LogP contribution in [-0.2, 0) is 11.8 Å². The van der Waals surface area contributed by atoms with Crippen molar-refractivity contribution in [3.05, 3.63) is 46.8 Å². The second kappa shape index (κ2) is 6.88. The number of hydrogen-bond donors (Lipinski definition) is 1. The molecule has 1 N–H and O–H groups in total. The first-order valence-electron chi connectivity index (χ1n) is 8.23. The highest BCUT2D eigenvalue weighted by Crippen LogP contribution is 2.24. The molecule has 0 radical (unpaired) electrons. The minimum atomic E-state index is -0.335. The molecule has 3 rings (SSSR count). The van der Waals surface area contributed by atoms with E-state index in [1.807, 2.05) is 57.2 Å². The van der Waals surface area contributed by atoms with E-state index in [2.05, 4.69) is 10.3 Å². The SMILES string of the molecule is CC(C)NC(=O)[C@H](C)Sc1nc2cc3ccccc3cc2c(=O)n1C. The van der Waals surface area contributed by atoms with Gasteiger partial charge < -0.3 is 5.32 Å². The normalized spacial score (nSPS) is 12.7. The molecule has 0 saturated carbocycles. The number of rotatable bonds is 4. The Kier molecular flexibility index (Phi) is 4.81. The summed E-state index contributed by atoms with van der Waals surface area (Å²) in [6, 6.07) is 11.8. The summed E-state index contributed by atoms with van der Waals surface area (Å²) in [5.74, 6) is -0.0622. The van der Waals surface area contributed by atoms with Gasteiger partial charge in [-0.2, -0.15) is 0 Å². The van der Waals surface area contributed by atoms with E-state index in [9.17, 15) is 9.59 Å². The number of aromatic nitrogens is 2. The largest absolute Gasteiger partial charge is 0.353 e. The lowest BCUT2D eigenvalue weighted by Gasteiger charge is -2.15. The summed E-state index contributed by atoms with van der Waals surface area (Å²) in [4.78, 5) is 29.5. The van der Waals surface area contributed by atoms with E-state index in [4.69, 9.17) is 0 Å². The monoisotopic (exact) mass is 355 g/mol. The molecule has 0 spiro atoms. The lowest BCUT2D eigenvalue weighted by molar-refractivity contribution is -0.120. The number of hydrogen-bond acceptors (Lipinski definition) is 4. The van der Waals surface area contributed by atoms with Gasteiger partial charge in [-0.25, -0.2) is 4.98 Å². The summed E-state index contributed by atoms with van der Waals surface area (Å²) in [6.45, 7) is 5.66. The molecule has 0 aliphatic rings. The second-order valence-corrected chi connectivity index (χ2v) is 7.71. The molecule has 1 aromatic heterocycles. The quantitative estimate of drug-likeness (QED) is 0.444. The molecule has 1 amide bonds. The molecule has 2 aromatic carbocycles. The van der Waals surface area contributed by atoms with Crippen LogP contribution >= 0.6 is 11.8 Å². The van der Waals surface area contributed by atoms with E-state index in [0.717, 1.165) is 10.8 Å². The fourth-order valence-corrected chi connectivity index (χ4v) is 3.54. The average molecular weight is 355 g/mol. The zero-order valence-electron chi connectivity index (χ0n) is 14.7. The fraction of sp³-hybridized carbons (Fsp3) is 0.316. The van der Waals surface area contributed by atoms with Gasteiger partial charge >= 0.3 is 0 Å². The minimum Gasteiger partial charge on any atom is -0.353 e. The number of carbonyl (C=O) groups is 1. The Morgan fingerprint density at radius 2 is 1.80 bits per heavy atom. The van der Waals surface area contributed by atoms with Crippen molar-refractivity contribution in [3.8, 4) is 0 Å². The first kappa shape index (κ1) is 17.5. The number of carbonyl (C=O) groups excluding carboxylic acids is 1. The predicted molar refractivity (Wildman–Crippen MR) is 103 cm³/mol. The van der Waals surface area contributed by atoms with Gasteiger partial charge in [-0.05, 0) is 43.7 Å². The number of thioether (sulfide) groups is 1. The van der Waals surface area contributed by atoms with E-state index in [1.54, 1.807) is 7.05 Å². The molecule has 0 bridgehead atoms. The molecule has 0 unspecified atom stereocenters. The summed E-state index contributed by atoms with van der Waals surface area (Å²) in [6.07, 6.45) is 0. The summed E-state index contributed by atoms with van der Waals surface area (Å²) < 4.78 is 1.51. The van der Waals surface area contributed by atoms with Crippen LogP contribution in [0.2, 0.25) is 0 Å². The van der Waals surface area contributed by atoms with Crippen LogP contribution in [0.15, 0.2) is 46.3 Å². The lowest BCUT2D eigenvalue weighted by atomic mass is 10.1. The lowest BCUT2D eigenvalue weighted by Crippen LogP contribution is -2.36.